The molecule has 2 N–H and O–H groups in total. The summed E-state index contributed by atoms with van der Waals surface area (Å²) in [5.41, 5.74) is 1.12. The summed E-state index contributed by atoms with van der Waals surface area (Å²) < 4.78 is 11.2. The molecule has 0 spiro atoms. The molecule has 27 heavy (non-hydrogen) atoms. The summed E-state index contributed by atoms with van der Waals surface area (Å²) in [6.07, 6.45) is 3.23. The van der Waals surface area contributed by atoms with Gasteiger partial charge in [-0.15, -0.1) is 0 Å². The highest BCUT2D eigenvalue weighted by molar-refractivity contribution is 5.79. The van der Waals surface area contributed by atoms with E-state index in [-0.39, 0.29) is 5.92 Å². The first kappa shape index (κ1) is 19.2. The maximum atomic E-state index is 5.96. The third kappa shape index (κ3) is 5.98. The van der Waals surface area contributed by atoms with Crippen molar-refractivity contribution in [1.82, 2.24) is 20.8 Å². The predicted octanol–water partition coefficient (Wildman–Crippen LogP) is 2.89. The molecule has 1 aliphatic carbocycles. The molecular weight excluding hydrogens is 342 g/mol. The minimum atomic E-state index is 0.270. The number of nitrogens with zero attached hydrogens (tertiary/aromatic N) is 3. The Hall–Kier alpha value is -2.57. The van der Waals surface area contributed by atoms with Crippen LogP contribution >= 0.6 is 0 Å². The van der Waals surface area contributed by atoms with E-state index >= 15 is 0 Å². The van der Waals surface area contributed by atoms with Crippen LogP contribution in [0, 0.1) is 5.92 Å². The summed E-state index contributed by atoms with van der Waals surface area (Å²) >= 11 is 0. The fourth-order valence-electron chi connectivity index (χ4n) is 2.57. The van der Waals surface area contributed by atoms with Crippen LogP contribution < -0.4 is 15.4 Å². The Morgan fingerprint density at radius 3 is 2.81 bits per heavy atom. The minimum Gasteiger partial charge on any atom is -0.493 e. The lowest BCUT2D eigenvalue weighted by atomic mass is 10.2. The van der Waals surface area contributed by atoms with E-state index in [0.717, 1.165) is 35.6 Å². The molecule has 0 amide bonds. The van der Waals surface area contributed by atoms with Crippen molar-refractivity contribution in [3.63, 3.8) is 0 Å². The lowest BCUT2D eigenvalue weighted by molar-refractivity contribution is 0.296. The molecule has 7 heteroatoms. The molecule has 0 unspecified atom stereocenters. The highest BCUT2D eigenvalue weighted by atomic mass is 16.5. The second kappa shape index (κ2) is 9.39. The van der Waals surface area contributed by atoms with E-state index in [0.29, 0.717) is 25.4 Å². The topological polar surface area (TPSA) is 84.6 Å². The number of ether oxygens (including phenoxy) is 1. The second-order valence-electron chi connectivity index (χ2n) is 7.17. The molecular formula is C20H29N5O2. The van der Waals surface area contributed by atoms with Crippen LogP contribution in [0.3, 0.4) is 0 Å². The van der Waals surface area contributed by atoms with Crippen LogP contribution in [0.15, 0.2) is 33.8 Å². The van der Waals surface area contributed by atoms with Crippen LogP contribution in [0.2, 0.25) is 0 Å². The van der Waals surface area contributed by atoms with Gasteiger partial charge in [0.25, 0.3) is 0 Å². The first-order valence-corrected chi connectivity index (χ1v) is 9.63. The average Bonchev–Trinajstić information content (AvgIpc) is 3.38. The third-order valence-corrected chi connectivity index (χ3v) is 4.45. The van der Waals surface area contributed by atoms with Crippen molar-refractivity contribution >= 4 is 5.96 Å². The summed E-state index contributed by atoms with van der Waals surface area (Å²) in [6.45, 7) is 6.22. The molecule has 0 saturated heterocycles. The maximum absolute atomic E-state index is 5.96. The number of aliphatic imine (C=N–C) groups is 1. The van der Waals surface area contributed by atoms with Crippen molar-refractivity contribution in [2.24, 2.45) is 10.9 Å². The molecule has 3 rings (SSSR count). The van der Waals surface area contributed by atoms with E-state index < -0.39 is 0 Å². The molecule has 0 atom stereocenters. The molecule has 0 bridgehead atoms. The third-order valence-electron chi connectivity index (χ3n) is 4.45. The monoisotopic (exact) mass is 371 g/mol. The van der Waals surface area contributed by atoms with Crippen LogP contribution in [-0.2, 0) is 13.0 Å². The number of rotatable bonds is 9. The minimum absolute atomic E-state index is 0.270. The second-order valence-corrected chi connectivity index (χ2v) is 7.17. The average molecular weight is 371 g/mol. The fraction of sp³-hybridized carbons (Fsp3) is 0.550. The molecule has 1 saturated carbocycles. The first-order chi connectivity index (χ1) is 13.2. The lowest BCUT2D eigenvalue weighted by Crippen LogP contribution is -2.38. The summed E-state index contributed by atoms with van der Waals surface area (Å²) in [7, 11) is 1.76. The predicted molar refractivity (Wildman–Crippen MR) is 105 cm³/mol. The Labute approximate surface area is 160 Å². The highest BCUT2D eigenvalue weighted by Crippen LogP contribution is 2.30. The zero-order chi connectivity index (χ0) is 19.1. The molecule has 1 aromatic carbocycles. The Morgan fingerprint density at radius 1 is 1.30 bits per heavy atom. The number of guanidine groups is 1. The van der Waals surface area contributed by atoms with Crippen molar-refractivity contribution < 1.29 is 9.26 Å². The van der Waals surface area contributed by atoms with Crippen molar-refractivity contribution in [3.8, 4) is 5.75 Å². The van der Waals surface area contributed by atoms with Gasteiger partial charge < -0.3 is 19.9 Å². The van der Waals surface area contributed by atoms with E-state index in [4.69, 9.17) is 9.26 Å². The number of nitrogens with one attached hydrogen (secondary N) is 2. The zero-order valence-corrected chi connectivity index (χ0v) is 16.4. The van der Waals surface area contributed by atoms with Crippen LogP contribution in [0.5, 0.6) is 5.75 Å². The Morgan fingerprint density at radius 2 is 2.11 bits per heavy atom. The summed E-state index contributed by atoms with van der Waals surface area (Å²) in [5, 5.41) is 10.6. The van der Waals surface area contributed by atoms with Crippen molar-refractivity contribution in [3.05, 3.63) is 41.5 Å². The normalized spacial score (nSPS) is 14.4. The van der Waals surface area contributed by atoms with Crippen molar-refractivity contribution in [2.75, 3.05) is 20.2 Å². The number of hydrogen-bond donors (Lipinski definition) is 2. The molecule has 1 fully saturated rings. The molecule has 7 nitrogen and oxygen atoms in total. The van der Waals surface area contributed by atoms with E-state index in [2.05, 4.69) is 31.8 Å². The van der Waals surface area contributed by atoms with Crippen molar-refractivity contribution in [1.29, 1.82) is 0 Å². The van der Waals surface area contributed by atoms with Gasteiger partial charge in [-0.3, -0.25) is 4.99 Å². The first-order valence-electron chi connectivity index (χ1n) is 9.63. The van der Waals surface area contributed by atoms with Gasteiger partial charge in [0.1, 0.15) is 5.75 Å². The summed E-state index contributed by atoms with van der Waals surface area (Å²) in [4.78, 5) is 8.65. The molecule has 0 aliphatic heterocycles. The Kier molecular flexibility index (Phi) is 6.68. The lowest BCUT2D eigenvalue weighted by Gasteiger charge is -2.14. The Balaban J connectivity index is 1.44. The molecule has 1 aromatic heterocycles. The SMILES string of the molecule is CN=C(NCCc1nc(C(C)C)no1)NCc1ccccc1OCC1CC1. The van der Waals surface area contributed by atoms with Gasteiger partial charge in [0, 0.05) is 38.0 Å². The van der Waals surface area contributed by atoms with Gasteiger partial charge in [0.2, 0.25) is 5.89 Å². The molecule has 146 valence electrons. The van der Waals surface area contributed by atoms with Gasteiger partial charge in [-0.05, 0) is 24.8 Å². The fourth-order valence-corrected chi connectivity index (χ4v) is 2.57. The van der Waals surface area contributed by atoms with Gasteiger partial charge in [0.15, 0.2) is 11.8 Å². The number of aromatic nitrogens is 2. The molecule has 1 aliphatic rings. The van der Waals surface area contributed by atoms with Crippen LogP contribution in [0.25, 0.3) is 0 Å². The number of para-hydroxylation sites is 1. The Bertz CT molecular complexity index is 752. The molecule has 2 aromatic rings. The molecule has 0 radical (unpaired) electrons. The standard InChI is InChI=1S/C20H29N5O2/c1-14(2)19-24-18(27-25-19)10-11-22-20(21-3)23-12-16-6-4-5-7-17(16)26-13-15-8-9-15/h4-7,14-15H,8-13H2,1-3H3,(H2,21,22,23). The quantitative estimate of drug-likeness (QED) is 0.521. The van der Waals surface area contributed by atoms with Gasteiger partial charge >= 0.3 is 0 Å². The smallest absolute Gasteiger partial charge is 0.228 e. The van der Waals surface area contributed by atoms with Gasteiger partial charge in [-0.1, -0.05) is 37.2 Å². The largest absolute Gasteiger partial charge is 0.493 e. The number of hydrogen-bond acceptors (Lipinski definition) is 5. The van der Waals surface area contributed by atoms with Gasteiger partial charge in [-0.25, -0.2) is 0 Å². The molecule has 1 heterocycles. The summed E-state index contributed by atoms with van der Waals surface area (Å²) in [6, 6.07) is 8.14. The van der Waals surface area contributed by atoms with Gasteiger partial charge in [-0.2, -0.15) is 4.98 Å². The maximum Gasteiger partial charge on any atom is 0.228 e. The highest BCUT2D eigenvalue weighted by Gasteiger charge is 2.22. The van der Waals surface area contributed by atoms with Crippen molar-refractivity contribution in [2.45, 2.75) is 45.6 Å². The van der Waals surface area contributed by atoms with E-state index in [1.165, 1.54) is 12.8 Å². The van der Waals surface area contributed by atoms with E-state index in [1.54, 1.807) is 7.05 Å². The van der Waals surface area contributed by atoms with Crippen LogP contribution in [0.1, 0.15) is 49.9 Å². The van der Waals surface area contributed by atoms with Gasteiger partial charge in [0.05, 0.1) is 6.61 Å². The van der Waals surface area contributed by atoms with Crippen LogP contribution in [0.4, 0.5) is 0 Å². The summed E-state index contributed by atoms with van der Waals surface area (Å²) in [5.74, 6) is 4.07. The van der Waals surface area contributed by atoms with E-state index in [1.807, 2.05) is 32.0 Å². The van der Waals surface area contributed by atoms with E-state index in [9.17, 15) is 0 Å². The van der Waals surface area contributed by atoms with Crippen LogP contribution in [-0.4, -0.2) is 36.3 Å². The number of benzene rings is 1. The zero-order valence-electron chi connectivity index (χ0n) is 16.4.